The van der Waals surface area contributed by atoms with Crippen molar-refractivity contribution >= 4 is 22.9 Å². The number of hydrogen-bond acceptors (Lipinski definition) is 4. The fourth-order valence-electron chi connectivity index (χ4n) is 1.64. The van der Waals surface area contributed by atoms with Crippen LogP contribution < -0.4 is 4.74 Å². The van der Waals surface area contributed by atoms with Crippen LogP contribution in [0.25, 0.3) is 0 Å². The Bertz CT molecular complexity index is 536. The SMILES string of the molecule is OC(c1ccc(OC2CC2)cc1)c1ncc(Cl)s1. The molecule has 0 bridgehead atoms. The van der Waals surface area contributed by atoms with E-state index in [2.05, 4.69) is 4.98 Å². The predicted octanol–water partition coefficient (Wildman–Crippen LogP) is 3.42. The van der Waals surface area contributed by atoms with Gasteiger partial charge in [-0.25, -0.2) is 4.98 Å². The number of rotatable bonds is 4. The second-order valence-electron chi connectivity index (χ2n) is 4.29. The zero-order chi connectivity index (χ0) is 12.5. The van der Waals surface area contributed by atoms with Crippen LogP contribution in [0.5, 0.6) is 5.75 Å². The van der Waals surface area contributed by atoms with Crippen molar-refractivity contribution in [1.82, 2.24) is 4.98 Å². The van der Waals surface area contributed by atoms with Crippen LogP contribution in [0.4, 0.5) is 0 Å². The number of benzene rings is 1. The molecule has 5 heteroatoms. The van der Waals surface area contributed by atoms with Crippen molar-refractivity contribution < 1.29 is 9.84 Å². The molecule has 1 aromatic heterocycles. The van der Waals surface area contributed by atoms with E-state index in [1.807, 2.05) is 24.3 Å². The minimum Gasteiger partial charge on any atom is -0.490 e. The Morgan fingerprint density at radius 2 is 2.06 bits per heavy atom. The Hall–Kier alpha value is -1.10. The lowest BCUT2D eigenvalue weighted by Gasteiger charge is -2.09. The van der Waals surface area contributed by atoms with Crippen LogP contribution in [-0.4, -0.2) is 16.2 Å². The maximum Gasteiger partial charge on any atom is 0.131 e. The van der Waals surface area contributed by atoms with Crippen molar-refractivity contribution in [3.63, 3.8) is 0 Å². The highest BCUT2D eigenvalue weighted by Crippen LogP contribution is 2.31. The molecule has 0 spiro atoms. The molecule has 1 unspecified atom stereocenters. The van der Waals surface area contributed by atoms with Gasteiger partial charge in [0.15, 0.2) is 0 Å². The van der Waals surface area contributed by atoms with E-state index in [4.69, 9.17) is 16.3 Å². The largest absolute Gasteiger partial charge is 0.490 e. The number of hydrogen-bond donors (Lipinski definition) is 1. The number of aliphatic hydroxyl groups excluding tert-OH is 1. The van der Waals surface area contributed by atoms with Gasteiger partial charge in [0.05, 0.1) is 12.3 Å². The van der Waals surface area contributed by atoms with E-state index in [-0.39, 0.29) is 0 Å². The van der Waals surface area contributed by atoms with Crippen molar-refractivity contribution in [1.29, 1.82) is 0 Å². The summed E-state index contributed by atoms with van der Waals surface area (Å²) in [6.45, 7) is 0. The second kappa shape index (κ2) is 4.88. The van der Waals surface area contributed by atoms with Gasteiger partial charge in [-0.2, -0.15) is 0 Å². The van der Waals surface area contributed by atoms with Crippen molar-refractivity contribution in [2.24, 2.45) is 0 Å². The molecule has 3 nitrogen and oxygen atoms in total. The maximum atomic E-state index is 10.1. The topological polar surface area (TPSA) is 42.4 Å². The third-order valence-electron chi connectivity index (χ3n) is 2.75. The minimum atomic E-state index is -0.725. The van der Waals surface area contributed by atoms with Crippen LogP contribution in [0, 0.1) is 0 Å². The molecular weight excluding hydrogens is 270 g/mol. The second-order valence-corrected chi connectivity index (χ2v) is 5.98. The van der Waals surface area contributed by atoms with Crippen LogP contribution in [0.15, 0.2) is 30.5 Å². The minimum absolute atomic E-state index is 0.388. The fraction of sp³-hybridized carbons (Fsp3) is 0.308. The number of halogens is 1. The van der Waals surface area contributed by atoms with Crippen LogP contribution in [0.1, 0.15) is 29.5 Å². The molecule has 2 aromatic rings. The summed E-state index contributed by atoms with van der Waals surface area (Å²) in [5.41, 5.74) is 0.796. The average molecular weight is 282 g/mol. The van der Waals surface area contributed by atoms with E-state index < -0.39 is 6.10 Å². The van der Waals surface area contributed by atoms with Crippen LogP contribution in [0.2, 0.25) is 4.34 Å². The average Bonchev–Trinajstić information content (AvgIpc) is 3.09. The van der Waals surface area contributed by atoms with Gasteiger partial charge in [-0.15, -0.1) is 11.3 Å². The fourth-order valence-corrected chi connectivity index (χ4v) is 2.59. The van der Waals surface area contributed by atoms with E-state index in [9.17, 15) is 5.11 Å². The molecular formula is C13H12ClNO2S. The Morgan fingerprint density at radius 1 is 1.33 bits per heavy atom. The molecule has 1 aliphatic rings. The smallest absolute Gasteiger partial charge is 0.131 e. The molecule has 1 fully saturated rings. The summed E-state index contributed by atoms with van der Waals surface area (Å²) in [6.07, 6.45) is 3.50. The molecule has 18 heavy (non-hydrogen) atoms. The highest BCUT2D eigenvalue weighted by molar-refractivity contribution is 7.15. The van der Waals surface area contributed by atoms with E-state index in [1.165, 1.54) is 11.3 Å². The number of ether oxygens (including phenoxy) is 1. The summed E-state index contributed by atoms with van der Waals surface area (Å²) in [5.74, 6) is 0.852. The van der Waals surface area contributed by atoms with E-state index >= 15 is 0 Å². The molecule has 1 aromatic carbocycles. The third-order valence-corrected chi connectivity index (χ3v) is 3.92. The lowest BCUT2D eigenvalue weighted by Crippen LogP contribution is -2.00. The molecule has 0 amide bonds. The van der Waals surface area contributed by atoms with Gasteiger partial charge in [0.1, 0.15) is 21.2 Å². The van der Waals surface area contributed by atoms with E-state index in [1.54, 1.807) is 6.20 Å². The normalized spacial score (nSPS) is 16.6. The summed E-state index contributed by atoms with van der Waals surface area (Å²) in [6, 6.07) is 7.48. The molecule has 94 valence electrons. The molecule has 0 radical (unpaired) electrons. The quantitative estimate of drug-likeness (QED) is 0.934. The lowest BCUT2D eigenvalue weighted by atomic mass is 10.1. The lowest BCUT2D eigenvalue weighted by molar-refractivity contribution is 0.219. The maximum absolute atomic E-state index is 10.1. The molecule has 1 N–H and O–H groups in total. The molecule has 0 saturated heterocycles. The first-order valence-electron chi connectivity index (χ1n) is 5.78. The Balaban J connectivity index is 1.74. The van der Waals surface area contributed by atoms with Gasteiger partial charge in [0.2, 0.25) is 0 Å². The number of thiazole rings is 1. The molecule has 1 atom stereocenters. The van der Waals surface area contributed by atoms with Crippen molar-refractivity contribution in [2.75, 3.05) is 0 Å². The van der Waals surface area contributed by atoms with Crippen molar-refractivity contribution in [2.45, 2.75) is 25.0 Å². The van der Waals surface area contributed by atoms with E-state index in [0.717, 1.165) is 24.2 Å². The van der Waals surface area contributed by atoms with Crippen LogP contribution in [0.3, 0.4) is 0 Å². The van der Waals surface area contributed by atoms with Gasteiger partial charge < -0.3 is 9.84 Å². The first-order chi connectivity index (χ1) is 8.72. The summed E-state index contributed by atoms with van der Waals surface area (Å²) in [4.78, 5) is 4.08. The number of nitrogens with zero attached hydrogens (tertiary/aromatic N) is 1. The van der Waals surface area contributed by atoms with Gasteiger partial charge in [-0.1, -0.05) is 23.7 Å². The monoisotopic (exact) mass is 281 g/mol. The van der Waals surface area contributed by atoms with Gasteiger partial charge >= 0.3 is 0 Å². The highest BCUT2D eigenvalue weighted by atomic mass is 35.5. The number of aliphatic hydroxyl groups is 1. The first kappa shape index (κ1) is 12.0. The number of aromatic nitrogens is 1. The molecule has 1 aliphatic carbocycles. The van der Waals surface area contributed by atoms with Gasteiger partial charge in [0.25, 0.3) is 0 Å². The van der Waals surface area contributed by atoms with Crippen molar-refractivity contribution in [3.05, 3.63) is 45.4 Å². The Kier molecular flexibility index (Phi) is 3.24. The summed E-state index contributed by atoms with van der Waals surface area (Å²) in [5, 5.41) is 10.7. The predicted molar refractivity (Wildman–Crippen MR) is 71.3 cm³/mol. The highest BCUT2D eigenvalue weighted by Gasteiger charge is 2.23. The zero-order valence-corrected chi connectivity index (χ0v) is 11.1. The third kappa shape index (κ3) is 2.66. The van der Waals surface area contributed by atoms with Gasteiger partial charge in [-0.05, 0) is 30.5 Å². The van der Waals surface area contributed by atoms with Crippen LogP contribution >= 0.6 is 22.9 Å². The van der Waals surface area contributed by atoms with Crippen LogP contribution in [-0.2, 0) is 0 Å². The van der Waals surface area contributed by atoms with Gasteiger partial charge in [0, 0.05) is 0 Å². The Labute approximate surface area is 114 Å². The van der Waals surface area contributed by atoms with E-state index in [0.29, 0.717) is 15.4 Å². The molecule has 1 saturated carbocycles. The summed E-state index contributed by atoms with van der Waals surface area (Å²) < 4.78 is 6.24. The molecule has 0 aliphatic heterocycles. The molecule has 1 heterocycles. The van der Waals surface area contributed by atoms with Crippen molar-refractivity contribution in [3.8, 4) is 5.75 Å². The Morgan fingerprint density at radius 3 is 2.61 bits per heavy atom. The summed E-state index contributed by atoms with van der Waals surface area (Å²) >= 11 is 7.09. The first-order valence-corrected chi connectivity index (χ1v) is 6.98. The summed E-state index contributed by atoms with van der Waals surface area (Å²) in [7, 11) is 0. The zero-order valence-electron chi connectivity index (χ0n) is 9.54. The molecule has 3 rings (SSSR count). The van der Waals surface area contributed by atoms with Gasteiger partial charge in [-0.3, -0.25) is 0 Å². The standard InChI is InChI=1S/C13H12ClNO2S/c14-11-7-15-13(18-11)12(16)8-1-3-9(4-2-8)17-10-5-6-10/h1-4,7,10,12,16H,5-6H2.